The van der Waals surface area contributed by atoms with E-state index in [1.807, 2.05) is 0 Å². The van der Waals surface area contributed by atoms with Crippen LogP contribution in [-0.2, 0) is 4.79 Å². The Balaban J connectivity index is 1.73. The minimum Gasteiger partial charge on any atom is -0.481 e. The number of carboxylic acid groups (broad SMARTS) is 1. The zero-order chi connectivity index (χ0) is 13.4. The molecule has 2 aliphatic heterocycles. The maximum absolute atomic E-state index is 12.2. The molecule has 2 bridgehead atoms. The van der Waals surface area contributed by atoms with Crippen molar-refractivity contribution in [2.24, 2.45) is 5.92 Å². The van der Waals surface area contributed by atoms with Crippen molar-refractivity contribution in [1.82, 2.24) is 20.1 Å². The Labute approximate surface area is 108 Å². The molecule has 3 heterocycles. The van der Waals surface area contributed by atoms with Crippen molar-refractivity contribution in [2.75, 3.05) is 5.32 Å². The molecule has 8 nitrogen and oxygen atoms in total. The predicted octanol–water partition coefficient (Wildman–Crippen LogP) is 0.341. The van der Waals surface area contributed by atoms with E-state index in [0.717, 1.165) is 12.8 Å². The number of urea groups is 1. The smallest absolute Gasteiger partial charge is 0.324 e. The van der Waals surface area contributed by atoms with E-state index in [0.29, 0.717) is 6.42 Å². The highest BCUT2D eigenvalue weighted by atomic mass is 16.4. The topological polar surface area (TPSA) is 108 Å². The molecule has 0 aliphatic carbocycles. The molecule has 3 atom stereocenters. The van der Waals surface area contributed by atoms with Crippen LogP contribution < -0.4 is 5.32 Å². The number of hydrogen-bond donors (Lipinski definition) is 2. The Morgan fingerprint density at radius 2 is 2.21 bits per heavy atom. The lowest BCUT2D eigenvalue weighted by Gasteiger charge is -2.22. The van der Waals surface area contributed by atoms with Crippen molar-refractivity contribution >= 4 is 17.9 Å². The summed E-state index contributed by atoms with van der Waals surface area (Å²) in [4.78, 5) is 28.8. The molecular formula is C11H13N5O3. The summed E-state index contributed by atoms with van der Waals surface area (Å²) in [5, 5.41) is 19.0. The summed E-state index contributed by atoms with van der Waals surface area (Å²) in [6.45, 7) is 0. The first-order chi connectivity index (χ1) is 9.16. The Morgan fingerprint density at radius 1 is 1.37 bits per heavy atom. The number of fused-ring (bicyclic) bond motifs is 2. The molecule has 2 N–H and O–H groups in total. The van der Waals surface area contributed by atoms with Crippen molar-refractivity contribution in [2.45, 2.75) is 31.3 Å². The van der Waals surface area contributed by atoms with Crippen LogP contribution in [-0.4, -0.2) is 49.3 Å². The summed E-state index contributed by atoms with van der Waals surface area (Å²) in [6, 6.07) is -0.564. The van der Waals surface area contributed by atoms with Gasteiger partial charge in [0.2, 0.25) is 0 Å². The predicted molar refractivity (Wildman–Crippen MR) is 63.2 cm³/mol. The molecular weight excluding hydrogens is 250 g/mol. The van der Waals surface area contributed by atoms with Crippen molar-refractivity contribution in [3.05, 3.63) is 12.4 Å². The first kappa shape index (κ1) is 11.8. The Morgan fingerprint density at radius 3 is 2.84 bits per heavy atom. The third-order valence-corrected chi connectivity index (χ3v) is 3.79. The average Bonchev–Trinajstić information content (AvgIpc) is 2.97. The Kier molecular flexibility index (Phi) is 2.77. The van der Waals surface area contributed by atoms with Gasteiger partial charge in [-0.1, -0.05) is 0 Å². The van der Waals surface area contributed by atoms with Crippen LogP contribution in [0.1, 0.15) is 19.3 Å². The fourth-order valence-corrected chi connectivity index (χ4v) is 3.04. The van der Waals surface area contributed by atoms with Gasteiger partial charge in [-0.3, -0.25) is 10.1 Å². The first-order valence-electron chi connectivity index (χ1n) is 6.12. The van der Waals surface area contributed by atoms with Crippen LogP contribution in [0.5, 0.6) is 0 Å². The van der Waals surface area contributed by atoms with Gasteiger partial charge in [0, 0.05) is 12.1 Å². The number of carbonyl (C=O) groups is 2. The lowest BCUT2D eigenvalue weighted by molar-refractivity contribution is -0.142. The number of carboxylic acids is 1. The fraction of sp³-hybridized carbons (Fsp3) is 0.545. The van der Waals surface area contributed by atoms with Gasteiger partial charge in [0.25, 0.3) is 5.95 Å². The van der Waals surface area contributed by atoms with Gasteiger partial charge in [0.1, 0.15) is 0 Å². The first-order valence-corrected chi connectivity index (χ1v) is 6.12. The van der Waals surface area contributed by atoms with Crippen molar-refractivity contribution < 1.29 is 14.7 Å². The molecule has 2 aliphatic rings. The third-order valence-electron chi connectivity index (χ3n) is 3.79. The number of hydrogen-bond acceptors (Lipinski definition) is 5. The van der Waals surface area contributed by atoms with Crippen LogP contribution in [0.15, 0.2) is 12.4 Å². The molecule has 2 fully saturated rings. The molecule has 8 heteroatoms. The largest absolute Gasteiger partial charge is 0.481 e. The third kappa shape index (κ3) is 1.98. The second-order valence-corrected chi connectivity index (χ2v) is 4.78. The van der Waals surface area contributed by atoms with E-state index in [1.54, 1.807) is 4.90 Å². The molecule has 0 radical (unpaired) electrons. The van der Waals surface area contributed by atoms with Crippen LogP contribution in [0.3, 0.4) is 0 Å². The molecule has 3 rings (SSSR count). The normalized spacial score (nSPS) is 28.4. The SMILES string of the molecule is O=C(O)C1CC2CCC1N2C(=O)Nc1nccnn1. The number of rotatable bonds is 2. The van der Waals surface area contributed by atoms with Gasteiger partial charge < -0.3 is 10.0 Å². The second-order valence-electron chi connectivity index (χ2n) is 4.78. The van der Waals surface area contributed by atoms with Crippen molar-refractivity contribution in [3.8, 4) is 0 Å². The zero-order valence-electron chi connectivity index (χ0n) is 10.1. The molecule has 1 aromatic rings. The van der Waals surface area contributed by atoms with E-state index in [1.165, 1.54) is 12.4 Å². The van der Waals surface area contributed by atoms with Gasteiger partial charge >= 0.3 is 12.0 Å². The van der Waals surface area contributed by atoms with Crippen LogP contribution in [0.2, 0.25) is 0 Å². The molecule has 0 saturated carbocycles. The van der Waals surface area contributed by atoms with Crippen LogP contribution in [0.25, 0.3) is 0 Å². The van der Waals surface area contributed by atoms with Crippen LogP contribution in [0.4, 0.5) is 10.7 Å². The molecule has 0 aromatic carbocycles. The summed E-state index contributed by atoms with van der Waals surface area (Å²) in [5.74, 6) is -1.16. The van der Waals surface area contributed by atoms with E-state index in [-0.39, 0.29) is 24.1 Å². The summed E-state index contributed by atoms with van der Waals surface area (Å²) >= 11 is 0. The van der Waals surface area contributed by atoms with E-state index in [2.05, 4.69) is 20.5 Å². The second kappa shape index (κ2) is 4.45. The molecule has 19 heavy (non-hydrogen) atoms. The minimum absolute atomic E-state index is 0.00257. The molecule has 3 unspecified atom stereocenters. The number of nitrogens with zero attached hydrogens (tertiary/aromatic N) is 4. The van der Waals surface area contributed by atoms with Crippen LogP contribution in [0, 0.1) is 5.92 Å². The maximum atomic E-state index is 12.2. The summed E-state index contributed by atoms with van der Waals surface area (Å²) < 4.78 is 0. The highest BCUT2D eigenvalue weighted by Crippen LogP contribution is 2.41. The molecule has 2 amide bonds. The number of anilines is 1. The zero-order valence-corrected chi connectivity index (χ0v) is 10.1. The lowest BCUT2D eigenvalue weighted by atomic mass is 9.89. The molecule has 0 spiro atoms. The van der Waals surface area contributed by atoms with Gasteiger partial charge in [-0.2, -0.15) is 5.10 Å². The van der Waals surface area contributed by atoms with Gasteiger partial charge in [0.15, 0.2) is 0 Å². The quantitative estimate of drug-likeness (QED) is 0.796. The Hall–Kier alpha value is -2.25. The summed E-state index contributed by atoms with van der Waals surface area (Å²) in [5.41, 5.74) is 0. The van der Waals surface area contributed by atoms with E-state index in [4.69, 9.17) is 5.11 Å². The number of carbonyl (C=O) groups excluding carboxylic acids is 1. The standard InChI is InChI=1S/C11H13N5O3/c17-9(18)7-5-6-1-2-8(7)16(6)11(19)14-10-12-3-4-13-15-10/h3-4,6-8H,1-2,5H2,(H,17,18)(H,12,14,15,19). The van der Waals surface area contributed by atoms with Gasteiger partial charge in [0.05, 0.1) is 18.3 Å². The minimum atomic E-state index is -0.831. The van der Waals surface area contributed by atoms with E-state index < -0.39 is 11.9 Å². The lowest BCUT2D eigenvalue weighted by Crippen LogP contribution is -2.40. The van der Waals surface area contributed by atoms with Crippen LogP contribution >= 0.6 is 0 Å². The van der Waals surface area contributed by atoms with Gasteiger partial charge in [-0.25, -0.2) is 9.78 Å². The van der Waals surface area contributed by atoms with E-state index in [9.17, 15) is 9.59 Å². The number of amides is 2. The van der Waals surface area contributed by atoms with Gasteiger partial charge in [-0.05, 0) is 19.3 Å². The highest BCUT2D eigenvalue weighted by Gasteiger charge is 2.51. The highest BCUT2D eigenvalue weighted by molar-refractivity contribution is 5.89. The maximum Gasteiger partial charge on any atom is 0.324 e. The van der Waals surface area contributed by atoms with Crippen molar-refractivity contribution in [3.63, 3.8) is 0 Å². The molecule has 1 aromatic heterocycles. The van der Waals surface area contributed by atoms with Crippen molar-refractivity contribution in [1.29, 1.82) is 0 Å². The monoisotopic (exact) mass is 263 g/mol. The number of aliphatic carboxylic acids is 1. The molecule has 2 saturated heterocycles. The van der Waals surface area contributed by atoms with Gasteiger partial charge in [-0.15, -0.1) is 5.10 Å². The summed E-state index contributed by atoms with van der Waals surface area (Å²) in [7, 11) is 0. The Bertz CT molecular complexity index is 508. The fourth-order valence-electron chi connectivity index (χ4n) is 3.04. The average molecular weight is 263 g/mol. The number of aromatic nitrogens is 3. The number of nitrogens with one attached hydrogen (secondary N) is 1. The summed E-state index contributed by atoms with van der Waals surface area (Å²) in [6.07, 6.45) is 4.97. The molecule has 100 valence electrons. The van der Waals surface area contributed by atoms with E-state index >= 15 is 0 Å².